The first kappa shape index (κ1) is 21.0. The summed E-state index contributed by atoms with van der Waals surface area (Å²) in [5.74, 6) is 0.507. The predicted molar refractivity (Wildman–Crippen MR) is 104 cm³/mol. The number of hydrogen-bond donors (Lipinski definition) is 1. The Labute approximate surface area is 165 Å². The minimum absolute atomic E-state index is 0. The van der Waals surface area contributed by atoms with E-state index in [0.29, 0.717) is 19.0 Å². The molecule has 1 N–H and O–H groups in total. The fourth-order valence-corrected chi connectivity index (χ4v) is 2.70. The molecule has 0 bridgehead atoms. The number of benzene rings is 2. The van der Waals surface area contributed by atoms with Crippen LogP contribution in [-0.4, -0.2) is 55.4 Å². The molecule has 0 spiro atoms. The molecule has 146 valence electrons. The first-order valence-electron chi connectivity index (χ1n) is 8.69. The number of carboxylic acid groups (broad SMARTS) is 1. The fraction of sp³-hybridized carbons (Fsp3) is 0.350. The van der Waals surface area contributed by atoms with Gasteiger partial charge in [-0.15, -0.1) is 12.4 Å². The van der Waals surface area contributed by atoms with Gasteiger partial charge in [-0.1, -0.05) is 12.1 Å². The highest BCUT2D eigenvalue weighted by atomic mass is 35.5. The molecule has 6 nitrogen and oxygen atoms in total. The number of carboxylic acids is 1. The molecule has 0 amide bonds. The Kier molecular flexibility index (Phi) is 8.39. The Hall–Kier alpha value is -2.28. The summed E-state index contributed by atoms with van der Waals surface area (Å²) in [4.78, 5) is 13.2. The van der Waals surface area contributed by atoms with Crippen molar-refractivity contribution >= 4 is 18.4 Å². The average Bonchev–Trinajstić information content (AvgIpc) is 2.68. The molecule has 0 saturated carbocycles. The summed E-state index contributed by atoms with van der Waals surface area (Å²) in [6.07, 6.45) is 0. The normalized spacial score (nSPS) is 14.2. The van der Waals surface area contributed by atoms with E-state index in [1.165, 1.54) is 12.1 Å². The van der Waals surface area contributed by atoms with Crippen molar-refractivity contribution in [2.75, 3.05) is 39.5 Å². The van der Waals surface area contributed by atoms with E-state index in [1.54, 1.807) is 12.1 Å². The van der Waals surface area contributed by atoms with Crippen molar-refractivity contribution in [3.05, 3.63) is 59.7 Å². The molecule has 0 aliphatic carbocycles. The molecule has 0 unspecified atom stereocenters. The number of hydrogen-bond acceptors (Lipinski definition) is 5. The van der Waals surface area contributed by atoms with Crippen LogP contribution in [0.15, 0.2) is 48.5 Å². The van der Waals surface area contributed by atoms with E-state index in [-0.39, 0.29) is 18.0 Å². The van der Waals surface area contributed by atoms with E-state index in [9.17, 15) is 4.79 Å². The molecule has 27 heavy (non-hydrogen) atoms. The van der Waals surface area contributed by atoms with Gasteiger partial charge in [0.25, 0.3) is 0 Å². The molecule has 1 heterocycles. The van der Waals surface area contributed by atoms with Crippen LogP contribution in [0.25, 0.3) is 0 Å². The van der Waals surface area contributed by atoms with Crippen molar-refractivity contribution in [2.24, 2.45) is 0 Å². The number of rotatable bonds is 8. The molecule has 0 aromatic heterocycles. The number of ether oxygens (including phenoxy) is 3. The number of morpholine rings is 1. The lowest BCUT2D eigenvalue weighted by Crippen LogP contribution is -2.38. The van der Waals surface area contributed by atoms with Gasteiger partial charge in [-0.25, -0.2) is 4.79 Å². The lowest BCUT2D eigenvalue weighted by atomic mass is 10.2. The molecule has 7 heteroatoms. The van der Waals surface area contributed by atoms with Crippen molar-refractivity contribution < 1.29 is 24.1 Å². The maximum atomic E-state index is 10.9. The number of halogens is 1. The van der Waals surface area contributed by atoms with Crippen molar-refractivity contribution in [1.29, 1.82) is 0 Å². The van der Waals surface area contributed by atoms with E-state index in [2.05, 4.69) is 4.90 Å². The van der Waals surface area contributed by atoms with Crippen molar-refractivity contribution in [3.63, 3.8) is 0 Å². The third-order valence-electron chi connectivity index (χ3n) is 4.19. The van der Waals surface area contributed by atoms with Crippen LogP contribution in [0.5, 0.6) is 11.5 Å². The molecule has 0 radical (unpaired) electrons. The molecule has 3 rings (SSSR count). The van der Waals surface area contributed by atoms with Gasteiger partial charge in [0.2, 0.25) is 0 Å². The van der Waals surface area contributed by atoms with Crippen molar-refractivity contribution in [3.8, 4) is 11.5 Å². The maximum absolute atomic E-state index is 10.9. The molecule has 1 aliphatic heterocycles. The zero-order valence-electron chi connectivity index (χ0n) is 15.0. The number of aromatic carboxylic acids is 1. The van der Waals surface area contributed by atoms with Gasteiger partial charge in [-0.3, -0.25) is 4.90 Å². The Morgan fingerprint density at radius 2 is 1.78 bits per heavy atom. The summed E-state index contributed by atoms with van der Waals surface area (Å²) < 4.78 is 16.9. The summed E-state index contributed by atoms with van der Waals surface area (Å²) >= 11 is 0. The lowest BCUT2D eigenvalue weighted by molar-refractivity contribution is 0.0322. The van der Waals surface area contributed by atoms with E-state index < -0.39 is 5.97 Å². The standard InChI is InChI=1S/C20H23NO5.ClH/c22-20(23)17-4-6-18(7-5-17)26-15-16-2-1-3-19(14-16)25-13-10-21-8-11-24-12-9-21;/h1-7,14H,8-13,15H2,(H,22,23);1H. The second kappa shape index (κ2) is 10.8. The molecule has 1 aliphatic rings. The summed E-state index contributed by atoms with van der Waals surface area (Å²) in [6, 6.07) is 14.2. The van der Waals surface area contributed by atoms with Gasteiger partial charge in [0.1, 0.15) is 24.7 Å². The first-order chi connectivity index (χ1) is 12.7. The van der Waals surface area contributed by atoms with Gasteiger partial charge in [0, 0.05) is 19.6 Å². The minimum atomic E-state index is -0.946. The fourth-order valence-electron chi connectivity index (χ4n) is 2.70. The van der Waals surface area contributed by atoms with E-state index in [0.717, 1.165) is 44.2 Å². The summed E-state index contributed by atoms with van der Waals surface area (Å²) in [6.45, 7) is 5.42. The van der Waals surface area contributed by atoms with Crippen molar-refractivity contribution in [1.82, 2.24) is 4.90 Å². The Morgan fingerprint density at radius 3 is 2.48 bits per heavy atom. The van der Waals surface area contributed by atoms with Crippen LogP contribution in [0.3, 0.4) is 0 Å². The smallest absolute Gasteiger partial charge is 0.335 e. The van der Waals surface area contributed by atoms with Crippen LogP contribution in [-0.2, 0) is 11.3 Å². The molecular weight excluding hydrogens is 370 g/mol. The highest BCUT2D eigenvalue weighted by Gasteiger charge is 2.10. The minimum Gasteiger partial charge on any atom is -0.492 e. The van der Waals surface area contributed by atoms with Gasteiger partial charge in [-0.2, -0.15) is 0 Å². The second-order valence-corrected chi connectivity index (χ2v) is 6.07. The lowest BCUT2D eigenvalue weighted by Gasteiger charge is -2.26. The topological polar surface area (TPSA) is 68.2 Å². The molecule has 0 atom stereocenters. The highest BCUT2D eigenvalue weighted by Crippen LogP contribution is 2.17. The van der Waals surface area contributed by atoms with E-state index in [1.807, 2.05) is 24.3 Å². The maximum Gasteiger partial charge on any atom is 0.335 e. The molecule has 1 fully saturated rings. The average molecular weight is 394 g/mol. The number of nitrogens with zero attached hydrogens (tertiary/aromatic N) is 1. The third kappa shape index (κ3) is 6.75. The van der Waals surface area contributed by atoms with Gasteiger partial charge >= 0.3 is 5.97 Å². The monoisotopic (exact) mass is 393 g/mol. The molecule has 2 aromatic carbocycles. The van der Waals surface area contributed by atoms with Gasteiger partial charge in [0.05, 0.1) is 18.8 Å². The zero-order chi connectivity index (χ0) is 18.2. The Morgan fingerprint density at radius 1 is 1.04 bits per heavy atom. The predicted octanol–water partition coefficient (Wildman–Crippen LogP) is 3.10. The van der Waals surface area contributed by atoms with Gasteiger partial charge < -0.3 is 19.3 Å². The summed E-state index contributed by atoms with van der Waals surface area (Å²) in [7, 11) is 0. The highest BCUT2D eigenvalue weighted by molar-refractivity contribution is 5.87. The van der Waals surface area contributed by atoms with E-state index in [4.69, 9.17) is 19.3 Å². The molecule has 2 aromatic rings. The van der Waals surface area contributed by atoms with Crippen LogP contribution in [0, 0.1) is 0 Å². The molecule has 1 saturated heterocycles. The van der Waals surface area contributed by atoms with Crippen LogP contribution < -0.4 is 9.47 Å². The van der Waals surface area contributed by atoms with E-state index >= 15 is 0 Å². The largest absolute Gasteiger partial charge is 0.492 e. The second-order valence-electron chi connectivity index (χ2n) is 6.07. The van der Waals surface area contributed by atoms with Crippen LogP contribution in [0.1, 0.15) is 15.9 Å². The first-order valence-corrected chi connectivity index (χ1v) is 8.69. The third-order valence-corrected chi connectivity index (χ3v) is 4.19. The summed E-state index contributed by atoms with van der Waals surface area (Å²) in [5, 5.41) is 8.90. The zero-order valence-corrected chi connectivity index (χ0v) is 15.8. The van der Waals surface area contributed by atoms with Crippen LogP contribution in [0.2, 0.25) is 0 Å². The Bertz CT molecular complexity index is 717. The number of carbonyl (C=O) groups is 1. The Balaban J connectivity index is 0.00000261. The summed E-state index contributed by atoms with van der Waals surface area (Å²) in [5.41, 5.74) is 1.24. The van der Waals surface area contributed by atoms with Crippen molar-refractivity contribution in [2.45, 2.75) is 6.61 Å². The van der Waals surface area contributed by atoms with Gasteiger partial charge in [0.15, 0.2) is 0 Å². The van der Waals surface area contributed by atoms with Gasteiger partial charge in [-0.05, 0) is 42.0 Å². The molecular formula is C20H24ClNO5. The van der Waals surface area contributed by atoms with Crippen LogP contribution in [0.4, 0.5) is 0 Å². The quantitative estimate of drug-likeness (QED) is 0.743. The van der Waals surface area contributed by atoms with Crippen LogP contribution >= 0.6 is 12.4 Å². The SMILES string of the molecule is Cl.O=C(O)c1ccc(OCc2cccc(OCCN3CCOCC3)c2)cc1.